The number of morpholine rings is 1. The molecule has 1 aliphatic heterocycles. The van der Waals surface area contributed by atoms with Gasteiger partial charge in [0, 0.05) is 44.1 Å². The number of rotatable bonds is 8. The van der Waals surface area contributed by atoms with E-state index in [4.69, 9.17) is 9.73 Å². The summed E-state index contributed by atoms with van der Waals surface area (Å²) in [6.07, 6.45) is 2.89. The fraction of sp³-hybridized carbons (Fsp3) is 0.700. The molecule has 0 bridgehead atoms. The zero-order valence-electron chi connectivity index (χ0n) is 16.8. The average Bonchev–Trinajstić information content (AvgIpc) is 2.64. The van der Waals surface area contributed by atoms with Gasteiger partial charge < -0.3 is 15.4 Å². The van der Waals surface area contributed by atoms with Crippen molar-refractivity contribution in [2.45, 2.75) is 40.2 Å². The second-order valence-corrected chi connectivity index (χ2v) is 7.16. The number of guanidine groups is 1. The minimum Gasteiger partial charge on any atom is -0.379 e. The molecule has 2 heterocycles. The van der Waals surface area contributed by atoms with Crippen LogP contribution in [0.15, 0.2) is 23.3 Å². The van der Waals surface area contributed by atoms with Crippen molar-refractivity contribution in [2.75, 3.05) is 45.9 Å². The van der Waals surface area contributed by atoms with E-state index in [1.54, 1.807) is 0 Å². The van der Waals surface area contributed by atoms with Crippen molar-refractivity contribution in [3.63, 3.8) is 0 Å². The summed E-state index contributed by atoms with van der Waals surface area (Å²) in [7, 11) is 0. The number of nitrogens with zero attached hydrogens (tertiary/aromatic N) is 3. The van der Waals surface area contributed by atoms with E-state index in [2.05, 4.69) is 53.4 Å². The molecule has 1 saturated heterocycles. The van der Waals surface area contributed by atoms with Crippen LogP contribution < -0.4 is 10.6 Å². The Labute approximate surface area is 158 Å². The van der Waals surface area contributed by atoms with Gasteiger partial charge in [-0.3, -0.25) is 14.9 Å². The van der Waals surface area contributed by atoms with E-state index in [9.17, 15) is 0 Å². The predicted molar refractivity (Wildman–Crippen MR) is 108 cm³/mol. The maximum atomic E-state index is 5.49. The Balaban J connectivity index is 1.87. The summed E-state index contributed by atoms with van der Waals surface area (Å²) in [6.45, 7) is 14.8. The van der Waals surface area contributed by atoms with Gasteiger partial charge in [-0.05, 0) is 37.8 Å². The molecule has 1 unspecified atom stereocenters. The number of aryl methyl sites for hydroxylation is 1. The third-order valence-corrected chi connectivity index (χ3v) is 4.74. The molecular weight excluding hydrogens is 326 g/mol. The Kier molecular flexibility index (Phi) is 8.85. The molecule has 0 aromatic carbocycles. The molecule has 26 heavy (non-hydrogen) atoms. The molecule has 1 aromatic heterocycles. The van der Waals surface area contributed by atoms with Gasteiger partial charge in [-0.15, -0.1) is 0 Å². The van der Waals surface area contributed by atoms with Gasteiger partial charge in [-0.25, -0.2) is 0 Å². The lowest BCUT2D eigenvalue weighted by atomic mass is 10.0. The van der Waals surface area contributed by atoms with Crippen molar-refractivity contribution in [3.8, 4) is 0 Å². The van der Waals surface area contributed by atoms with E-state index in [-0.39, 0.29) is 0 Å². The molecule has 0 aliphatic carbocycles. The van der Waals surface area contributed by atoms with Crippen molar-refractivity contribution < 1.29 is 4.74 Å². The highest BCUT2D eigenvalue weighted by Gasteiger charge is 2.23. The van der Waals surface area contributed by atoms with Crippen LogP contribution in [-0.4, -0.2) is 67.8 Å². The molecule has 0 amide bonds. The van der Waals surface area contributed by atoms with Crippen LogP contribution in [0.2, 0.25) is 0 Å². The highest BCUT2D eigenvalue weighted by Crippen LogP contribution is 2.13. The van der Waals surface area contributed by atoms with E-state index in [1.807, 2.05) is 13.1 Å². The quantitative estimate of drug-likeness (QED) is 0.546. The zero-order chi connectivity index (χ0) is 18.8. The number of aliphatic imine (C=N–C) groups is 1. The standard InChI is InChI=1S/C20H35N5O/c1-5-21-20(22-9-8-18-7-6-17(4)23-14-18)24-15-19(16(2)3)25-10-12-26-13-11-25/h6-7,14,16,19H,5,8-13,15H2,1-4H3,(H2,21,22,24). The van der Waals surface area contributed by atoms with E-state index >= 15 is 0 Å². The summed E-state index contributed by atoms with van der Waals surface area (Å²) >= 11 is 0. The number of hydrogen-bond acceptors (Lipinski definition) is 4. The van der Waals surface area contributed by atoms with Crippen LogP contribution in [0.25, 0.3) is 0 Å². The van der Waals surface area contributed by atoms with E-state index < -0.39 is 0 Å². The van der Waals surface area contributed by atoms with Gasteiger partial charge in [-0.2, -0.15) is 0 Å². The zero-order valence-corrected chi connectivity index (χ0v) is 16.8. The molecule has 2 rings (SSSR count). The first-order chi connectivity index (χ1) is 12.6. The molecule has 1 aromatic rings. The van der Waals surface area contributed by atoms with Crippen LogP contribution >= 0.6 is 0 Å². The Hall–Kier alpha value is -1.66. The summed E-state index contributed by atoms with van der Waals surface area (Å²) in [6, 6.07) is 4.65. The minimum atomic E-state index is 0.454. The van der Waals surface area contributed by atoms with Crippen molar-refractivity contribution in [1.29, 1.82) is 0 Å². The number of aromatic nitrogens is 1. The minimum absolute atomic E-state index is 0.454. The van der Waals surface area contributed by atoms with Crippen LogP contribution in [0.1, 0.15) is 32.0 Å². The van der Waals surface area contributed by atoms with Crippen LogP contribution in [0.3, 0.4) is 0 Å². The average molecular weight is 362 g/mol. The number of nitrogens with one attached hydrogen (secondary N) is 2. The van der Waals surface area contributed by atoms with E-state index in [0.717, 1.165) is 64.0 Å². The third kappa shape index (κ3) is 6.92. The Morgan fingerprint density at radius 3 is 2.65 bits per heavy atom. The molecule has 1 fully saturated rings. The van der Waals surface area contributed by atoms with Crippen molar-refractivity contribution >= 4 is 5.96 Å². The first kappa shape index (κ1) is 20.6. The number of hydrogen-bond donors (Lipinski definition) is 2. The molecule has 1 atom stereocenters. The largest absolute Gasteiger partial charge is 0.379 e. The lowest BCUT2D eigenvalue weighted by Crippen LogP contribution is -2.48. The fourth-order valence-corrected chi connectivity index (χ4v) is 3.16. The van der Waals surface area contributed by atoms with Crippen LogP contribution in [0, 0.1) is 12.8 Å². The fourth-order valence-electron chi connectivity index (χ4n) is 3.16. The summed E-state index contributed by atoms with van der Waals surface area (Å²) in [5.74, 6) is 1.46. The van der Waals surface area contributed by atoms with Crippen molar-refractivity contribution in [1.82, 2.24) is 20.5 Å². The maximum Gasteiger partial charge on any atom is 0.191 e. The normalized spacial score (nSPS) is 17.3. The molecule has 1 aliphatic rings. The van der Waals surface area contributed by atoms with Gasteiger partial charge in [0.25, 0.3) is 0 Å². The highest BCUT2D eigenvalue weighted by atomic mass is 16.5. The molecule has 0 saturated carbocycles. The molecule has 6 nitrogen and oxygen atoms in total. The lowest BCUT2D eigenvalue weighted by molar-refractivity contribution is 0.00867. The summed E-state index contributed by atoms with van der Waals surface area (Å²) < 4.78 is 5.49. The van der Waals surface area contributed by atoms with E-state index in [0.29, 0.717) is 12.0 Å². The SMILES string of the molecule is CCNC(=NCC(C(C)C)N1CCOCC1)NCCc1ccc(C)nc1. The monoisotopic (exact) mass is 361 g/mol. The second kappa shape index (κ2) is 11.1. The smallest absolute Gasteiger partial charge is 0.191 e. The van der Waals surface area contributed by atoms with E-state index in [1.165, 1.54) is 5.56 Å². The molecular formula is C20H35N5O. The first-order valence-electron chi connectivity index (χ1n) is 9.85. The van der Waals surface area contributed by atoms with Gasteiger partial charge in [0.15, 0.2) is 5.96 Å². The molecule has 0 radical (unpaired) electrons. The topological polar surface area (TPSA) is 61.8 Å². The Bertz CT molecular complexity index is 538. The molecule has 0 spiro atoms. The highest BCUT2D eigenvalue weighted by molar-refractivity contribution is 5.79. The third-order valence-electron chi connectivity index (χ3n) is 4.74. The summed E-state index contributed by atoms with van der Waals surface area (Å²) in [5.41, 5.74) is 2.30. The van der Waals surface area contributed by atoms with Gasteiger partial charge in [0.2, 0.25) is 0 Å². The number of ether oxygens (including phenoxy) is 1. The van der Waals surface area contributed by atoms with Crippen LogP contribution in [0.4, 0.5) is 0 Å². The predicted octanol–water partition coefficient (Wildman–Crippen LogP) is 1.84. The Morgan fingerprint density at radius 1 is 1.27 bits per heavy atom. The van der Waals surface area contributed by atoms with Crippen molar-refractivity contribution in [2.24, 2.45) is 10.9 Å². The first-order valence-corrected chi connectivity index (χ1v) is 9.85. The molecule has 2 N–H and O–H groups in total. The lowest BCUT2D eigenvalue weighted by Gasteiger charge is -2.36. The van der Waals surface area contributed by atoms with Crippen molar-refractivity contribution in [3.05, 3.63) is 29.6 Å². The molecule has 6 heteroatoms. The maximum absolute atomic E-state index is 5.49. The summed E-state index contributed by atoms with van der Waals surface area (Å²) in [5, 5.41) is 6.80. The Morgan fingerprint density at radius 2 is 2.04 bits per heavy atom. The van der Waals surface area contributed by atoms with Crippen LogP contribution in [-0.2, 0) is 11.2 Å². The van der Waals surface area contributed by atoms with Gasteiger partial charge in [0.05, 0.1) is 19.8 Å². The number of pyridine rings is 1. The van der Waals surface area contributed by atoms with Gasteiger partial charge in [-0.1, -0.05) is 19.9 Å². The molecule has 146 valence electrons. The summed E-state index contributed by atoms with van der Waals surface area (Å²) in [4.78, 5) is 11.7. The van der Waals surface area contributed by atoms with Gasteiger partial charge in [0.1, 0.15) is 0 Å². The van der Waals surface area contributed by atoms with Gasteiger partial charge >= 0.3 is 0 Å². The van der Waals surface area contributed by atoms with Crippen LogP contribution in [0.5, 0.6) is 0 Å². The second-order valence-electron chi connectivity index (χ2n) is 7.16.